The number of benzene rings is 1. The van der Waals surface area contributed by atoms with Crippen molar-refractivity contribution in [2.24, 2.45) is 0 Å². The van der Waals surface area contributed by atoms with Gasteiger partial charge >= 0.3 is 0 Å². The van der Waals surface area contributed by atoms with Crippen LogP contribution in [0.25, 0.3) is 10.9 Å². The second kappa shape index (κ2) is 10.4. The molecule has 0 saturated carbocycles. The molecule has 2 aromatic rings. The first-order valence-corrected chi connectivity index (χ1v) is 9.76. The summed E-state index contributed by atoms with van der Waals surface area (Å²) in [5.41, 5.74) is 0.448. The van der Waals surface area contributed by atoms with Gasteiger partial charge in [-0.3, -0.25) is 9.36 Å². The van der Waals surface area contributed by atoms with Gasteiger partial charge in [0, 0.05) is 32.2 Å². The first kappa shape index (κ1) is 21.4. The van der Waals surface area contributed by atoms with Crippen LogP contribution in [0.2, 0.25) is 0 Å². The van der Waals surface area contributed by atoms with E-state index in [2.05, 4.69) is 4.98 Å². The largest absolute Gasteiger partial charge is 0.490 e. The average Bonchev–Trinajstić information content (AvgIpc) is 2.63. The first-order chi connectivity index (χ1) is 13.0. The number of fused-ring (bicyclic) bond motifs is 1. The number of H-pyrrole nitrogens is 1. The molecule has 2 rings (SSSR count). The number of nitrogens with one attached hydrogen (secondary N) is 1. The summed E-state index contributed by atoms with van der Waals surface area (Å²) in [4.78, 5) is 16.1. The molecule has 0 saturated heterocycles. The highest BCUT2D eigenvalue weighted by atomic mass is 32.1. The molecule has 27 heavy (non-hydrogen) atoms. The second-order valence-corrected chi connectivity index (χ2v) is 6.11. The van der Waals surface area contributed by atoms with Crippen molar-refractivity contribution in [2.75, 3.05) is 26.4 Å². The van der Waals surface area contributed by atoms with Crippen molar-refractivity contribution in [1.82, 2.24) is 9.55 Å². The summed E-state index contributed by atoms with van der Waals surface area (Å²) in [6.07, 6.45) is 0.163. The van der Waals surface area contributed by atoms with E-state index in [9.17, 15) is 4.79 Å². The van der Waals surface area contributed by atoms with E-state index < -0.39 is 0 Å². The van der Waals surface area contributed by atoms with Crippen LogP contribution in [0.15, 0.2) is 16.9 Å². The maximum Gasteiger partial charge on any atom is 0.262 e. The monoisotopic (exact) mass is 396 g/mol. The number of hydrogen-bond donors (Lipinski definition) is 1. The third-order valence-corrected chi connectivity index (χ3v) is 4.26. The maximum atomic E-state index is 13.0. The minimum absolute atomic E-state index is 0.176. The Balaban J connectivity index is 2.42. The number of aromatic nitrogens is 2. The molecule has 0 amide bonds. The van der Waals surface area contributed by atoms with E-state index >= 15 is 0 Å². The van der Waals surface area contributed by atoms with Gasteiger partial charge in [-0.2, -0.15) is 0 Å². The van der Waals surface area contributed by atoms with Gasteiger partial charge in [0.25, 0.3) is 5.56 Å². The van der Waals surface area contributed by atoms with Crippen LogP contribution >= 0.6 is 12.2 Å². The van der Waals surface area contributed by atoms with Crippen molar-refractivity contribution in [3.05, 3.63) is 27.3 Å². The Hall–Kier alpha value is -1.90. The van der Waals surface area contributed by atoms with E-state index in [4.69, 9.17) is 31.2 Å². The molecule has 1 N–H and O–H groups in total. The summed E-state index contributed by atoms with van der Waals surface area (Å²) in [6, 6.07) is 3.46. The molecule has 0 aliphatic carbocycles. The van der Waals surface area contributed by atoms with Crippen LogP contribution in [0.5, 0.6) is 11.5 Å². The van der Waals surface area contributed by atoms with Crippen molar-refractivity contribution < 1.29 is 18.9 Å². The lowest BCUT2D eigenvalue weighted by atomic mass is 10.2. The van der Waals surface area contributed by atoms with Crippen LogP contribution in [0.4, 0.5) is 0 Å². The van der Waals surface area contributed by atoms with E-state index in [1.165, 1.54) is 4.57 Å². The molecule has 0 unspecified atom stereocenters. The molecule has 0 radical (unpaired) electrons. The molecule has 0 atom stereocenters. The number of rotatable bonds is 11. The number of nitrogens with zero attached hydrogens (tertiary/aromatic N) is 1. The van der Waals surface area contributed by atoms with Crippen LogP contribution in [0.3, 0.4) is 0 Å². The van der Waals surface area contributed by atoms with Crippen molar-refractivity contribution in [1.29, 1.82) is 0 Å². The highest BCUT2D eigenvalue weighted by Gasteiger charge is 2.14. The van der Waals surface area contributed by atoms with Crippen molar-refractivity contribution in [2.45, 2.75) is 47.0 Å². The van der Waals surface area contributed by atoms with Crippen molar-refractivity contribution in [3.63, 3.8) is 0 Å². The summed E-state index contributed by atoms with van der Waals surface area (Å²) in [5, 5.41) is 0.500. The Morgan fingerprint density at radius 1 is 1.00 bits per heavy atom. The van der Waals surface area contributed by atoms with Crippen LogP contribution in [-0.2, 0) is 16.0 Å². The smallest absolute Gasteiger partial charge is 0.262 e. The number of ether oxygens (including phenoxy) is 4. The molecule has 8 heteroatoms. The topological polar surface area (TPSA) is 74.7 Å². The molecule has 1 aromatic carbocycles. The Morgan fingerprint density at radius 2 is 1.59 bits per heavy atom. The van der Waals surface area contributed by atoms with Gasteiger partial charge in [0.05, 0.1) is 24.1 Å². The summed E-state index contributed by atoms with van der Waals surface area (Å²) < 4.78 is 24.2. The van der Waals surface area contributed by atoms with E-state index in [0.29, 0.717) is 66.6 Å². The fourth-order valence-corrected chi connectivity index (χ4v) is 3.11. The molecular formula is C19H28N2O5S. The zero-order chi connectivity index (χ0) is 19.8. The minimum atomic E-state index is -0.365. The van der Waals surface area contributed by atoms with Crippen molar-refractivity contribution in [3.8, 4) is 11.5 Å². The Morgan fingerprint density at radius 3 is 2.15 bits per heavy atom. The Labute approximate surface area is 164 Å². The van der Waals surface area contributed by atoms with Crippen molar-refractivity contribution >= 4 is 23.1 Å². The summed E-state index contributed by atoms with van der Waals surface area (Å²) in [5.74, 6) is 1.13. The van der Waals surface area contributed by atoms with Gasteiger partial charge in [-0.05, 0) is 46.0 Å². The molecule has 1 aromatic heterocycles. The maximum absolute atomic E-state index is 13.0. The zero-order valence-electron chi connectivity index (χ0n) is 16.4. The average molecular weight is 397 g/mol. The van der Waals surface area contributed by atoms with E-state index in [1.807, 2.05) is 27.7 Å². The van der Waals surface area contributed by atoms with Gasteiger partial charge in [0.2, 0.25) is 0 Å². The third-order valence-electron chi connectivity index (χ3n) is 3.94. The van der Waals surface area contributed by atoms with Crippen LogP contribution < -0.4 is 15.0 Å². The number of hydrogen-bond acceptors (Lipinski definition) is 6. The predicted molar refractivity (Wildman–Crippen MR) is 107 cm³/mol. The van der Waals surface area contributed by atoms with Gasteiger partial charge in [-0.15, -0.1) is 0 Å². The van der Waals surface area contributed by atoms with E-state index in [0.717, 1.165) is 0 Å². The quantitative estimate of drug-likeness (QED) is 0.462. The fourth-order valence-electron chi connectivity index (χ4n) is 2.82. The highest BCUT2D eigenvalue weighted by molar-refractivity contribution is 7.71. The molecule has 0 spiro atoms. The molecule has 0 fully saturated rings. The van der Waals surface area contributed by atoms with Crippen LogP contribution in [0, 0.1) is 4.77 Å². The molecule has 0 aliphatic rings. The Kier molecular flexibility index (Phi) is 8.27. The van der Waals surface area contributed by atoms with Crippen LogP contribution in [-0.4, -0.2) is 42.3 Å². The predicted octanol–water partition coefficient (Wildman–Crippen LogP) is 3.65. The van der Waals surface area contributed by atoms with Gasteiger partial charge in [0.15, 0.2) is 22.6 Å². The lowest BCUT2D eigenvalue weighted by Crippen LogP contribution is -2.26. The molecule has 0 aliphatic heterocycles. The van der Waals surface area contributed by atoms with Gasteiger partial charge < -0.3 is 23.9 Å². The Bertz CT molecular complexity index is 856. The lowest BCUT2D eigenvalue weighted by Gasteiger charge is -2.18. The molecule has 0 bridgehead atoms. The first-order valence-electron chi connectivity index (χ1n) is 9.35. The van der Waals surface area contributed by atoms with Gasteiger partial charge in [-0.1, -0.05) is 0 Å². The van der Waals surface area contributed by atoms with Crippen LogP contribution in [0.1, 0.15) is 34.1 Å². The molecular weight excluding hydrogens is 368 g/mol. The zero-order valence-corrected chi connectivity index (χ0v) is 17.2. The number of aromatic amines is 1. The molecule has 1 heterocycles. The fraction of sp³-hybridized carbons (Fsp3) is 0.579. The molecule has 7 nitrogen and oxygen atoms in total. The normalized spacial score (nSPS) is 11.3. The summed E-state index contributed by atoms with van der Waals surface area (Å²) in [7, 11) is 0. The SMILES string of the molecule is CCOc1cc2[nH]c(=S)n(CCC(OCC)OCC)c(=O)c2cc1OCC. The second-order valence-electron chi connectivity index (χ2n) is 5.73. The minimum Gasteiger partial charge on any atom is -0.490 e. The lowest BCUT2D eigenvalue weighted by molar-refractivity contribution is -0.141. The van der Waals surface area contributed by atoms with Gasteiger partial charge in [0.1, 0.15) is 0 Å². The summed E-state index contributed by atoms with van der Waals surface area (Å²) in [6.45, 7) is 10.1. The standard InChI is InChI=1S/C19H28N2O5S/c1-5-23-15-11-13-14(12-16(15)24-6-2)20-19(27)21(18(13)22)10-9-17(25-7-3)26-8-4/h11-12,17H,5-10H2,1-4H3,(H,20,27). The van der Waals surface area contributed by atoms with E-state index in [1.54, 1.807) is 12.1 Å². The summed E-state index contributed by atoms with van der Waals surface area (Å²) >= 11 is 5.39. The molecule has 150 valence electrons. The van der Waals surface area contributed by atoms with E-state index in [-0.39, 0.29) is 11.8 Å². The van der Waals surface area contributed by atoms with Gasteiger partial charge in [-0.25, -0.2) is 0 Å². The highest BCUT2D eigenvalue weighted by Crippen LogP contribution is 2.30. The third kappa shape index (κ3) is 5.31.